The molecule has 2 aromatic heterocycles. The maximum atomic E-state index is 4.42. The van der Waals surface area contributed by atoms with Gasteiger partial charge in [0.2, 0.25) is 0 Å². The monoisotopic (exact) mass is 368 g/mol. The average Bonchev–Trinajstić information content (AvgIpc) is 3.28. The molecular weight excluding hydrogens is 336 g/mol. The van der Waals surface area contributed by atoms with E-state index in [0.717, 1.165) is 40.5 Å². The maximum absolute atomic E-state index is 4.42. The summed E-state index contributed by atoms with van der Waals surface area (Å²) in [4.78, 5) is 2.69. The first-order valence-corrected chi connectivity index (χ1v) is 10.3. The van der Waals surface area contributed by atoms with Gasteiger partial charge < -0.3 is 10.2 Å². The van der Waals surface area contributed by atoms with Gasteiger partial charge in [0.25, 0.3) is 0 Å². The van der Waals surface area contributed by atoms with Crippen LogP contribution in [0.3, 0.4) is 0 Å². The van der Waals surface area contributed by atoms with Gasteiger partial charge in [0, 0.05) is 44.5 Å². The average molecular weight is 369 g/mol. The summed E-state index contributed by atoms with van der Waals surface area (Å²) in [7, 11) is 1.93. The second-order valence-corrected chi connectivity index (χ2v) is 8.67. The van der Waals surface area contributed by atoms with Crippen molar-refractivity contribution in [2.24, 2.45) is 24.8 Å². The fourth-order valence-electron chi connectivity index (χ4n) is 4.85. The van der Waals surface area contributed by atoms with Gasteiger partial charge in [-0.15, -0.1) is 10.2 Å². The van der Waals surface area contributed by atoms with Gasteiger partial charge in [0.15, 0.2) is 0 Å². The molecule has 1 saturated carbocycles. The number of likely N-dealkylation sites (tertiary alicyclic amines) is 1. The molecule has 6 heteroatoms. The van der Waals surface area contributed by atoms with Gasteiger partial charge in [-0.25, -0.2) is 0 Å². The maximum Gasteiger partial charge on any atom is 0.148 e. The molecule has 2 fully saturated rings. The van der Waals surface area contributed by atoms with Crippen LogP contribution in [0.25, 0.3) is 11.3 Å². The number of hydrogen-bond donors (Lipinski definition) is 1. The van der Waals surface area contributed by atoms with Gasteiger partial charge >= 0.3 is 0 Å². The summed E-state index contributed by atoms with van der Waals surface area (Å²) >= 11 is 0. The van der Waals surface area contributed by atoms with Gasteiger partial charge in [-0.2, -0.15) is 5.10 Å². The third kappa shape index (κ3) is 4.00. The number of nitrogens with one attached hydrogen (secondary N) is 1. The van der Waals surface area contributed by atoms with Crippen LogP contribution in [0.15, 0.2) is 18.3 Å². The highest BCUT2D eigenvalue weighted by Crippen LogP contribution is 2.39. The normalized spacial score (nSPS) is 26.3. The van der Waals surface area contributed by atoms with Crippen LogP contribution in [0.2, 0.25) is 0 Å². The van der Waals surface area contributed by atoms with Gasteiger partial charge in [-0.1, -0.05) is 20.3 Å². The van der Waals surface area contributed by atoms with E-state index < -0.39 is 0 Å². The summed E-state index contributed by atoms with van der Waals surface area (Å²) in [6, 6.07) is 4.63. The molecule has 1 saturated heterocycles. The van der Waals surface area contributed by atoms with Crippen LogP contribution in [-0.2, 0) is 7.05 Å². The van der Waals surface area contributed by atoms with Crippen LogP contribution in [0.1, 0.15) is 38.8 Å². The van der Waals surface area contributed by atoms with E-state index in [1.807, 2.05) is 30.9 Å². The number of hydrogen-bond acceptors (Lipinski definition) is 5. The Morgan fingerprint density at radius 3 is 2.48 bits per heavy atom. The van der Waals surface area contributed by atoms with E-state index >= 15 is 0 Å². The molecule has 3 heterocycles. The first kappa shape index (κ1) is 18.4. The molecule has 27 heavy (non-hydrogen) atoms. The summed E-state index contributed by atoms with van der Waals surface area (Å²) < 4.78 is 1.82. The fraction of sp³-hybridized carbons (Fsp3) is 0.667. The predicted molar refractivity (Wildman–Crippen MR) is 108 cm³/mol. The summed E-state index contributed by atoms with van der Waals surface area (Å²) in [5.74, 6) is 3.39. The quantitative estimate of drug-likeness (QED) is 0.847. The molecule has 1 N–H and O–H groups in total. The van der Waals surface area contributed by atoms with Crippen molar-refractivity contribution in [3.05, 3.63) is 24.0 Å². The standard InChI is InChI=1S/C21H32N6/c1-5-14(2)10-27-11-16-8-18(9-17(16)12-27)22-21-7-6-20(23-24-21)19-13-26(4)25-15(19)3/h6-7,13-14,16-18H,5,8-12H2,1-4H3,(H,22,24). The summed E-state index contributed by atoms with van der Waals surface area (Å²) in [6.45, 7) is 10.5. The highest BCUT2D eigenvalue weighted by molar-refractivity contribution is 5.61. The molecule has 0 amide bonds. The lowest BCUT2D eigenvalue weighted by molar-refractivity contribution is 0.263. The molecule has 0 radical (unpaired) electrons. The minimum Gasteiger partial charge on any atom is -0.366 e. The Labute approximate surface area is 162 Å². The second-order valence-electron chi connectivity index (χ2n) is 8.67. The van der Waals surface area contributed by atoms with E-state index in [4.69, 9.17) is 0 Å². The third-order valence-electron chi connectivity index (χ3n) is 6.40. The molecule has 0 aromatic carbocycles. The van der Waals surface area contributed by atoms with Crippen LogP contribution in [0.5, 0.6) is 0 Å². The predicted octanol–water partition coefficient (Wildman–Crippen LogP) is 3.35. The van der Waals surface area contributed by atoms with Gasteiger partial charge in [0.1, 0.15) is 5.82 Å². The van der Waals surface area contributed by atoms with Crippen LogP contribution >= 0.6 is 0 Å². The van der Waals surface area contributed by atoms with E-state index in [2.05, 4.69) is 45.4 Å². The molecule has 0 spiro atoms. The molecule has 6 nitrogen and oxygen atoms in total. The first-order chi connectivity index (χ1) is 13.0. The van der Waals surface area contributed by atoms with Crippen molar-refractivity contribution in [2.45, 2.75) is 46.1 Å². The zero-order chi connectivity index (χ0) is 19.0. The SMILES string of the molecule is CCC(C)CN1CC2CC(Nc3ccc(-c4cn(C)nc4C)nn3)CC2C1. The second kappa shape index (κ2) is 7.58. The Morgan fingerprint density at radius 2 is 1.93 bits per heavy atom. The van der Waals surface area contributed by atoms with Crippen molar-refractivity contribution in [3.8, 4) is 11.3 Å². The van der Waals surface area contributed by atoms with Crippen LogP contribution in [0.4, 0.5) is 5.82 Å². The largest absolute Gasteiger partial charge is 0.366 e. The highest BCUT2D eigenvalue weighted by atomic mass is 15.3. The third-order valence-corrected chi connectivity index (χ3v) is 6.40. The molecule has 2 aromatic rings. The number of aryl methyl sites for hydroxylation is 2. The van der Waals surface area contributed by atoms with Crippen molar-refractivity contribution < 1.29 is 0 Å². The number of anilines is 1. The zero-order valence-electron chi connectivity index (χ0n) is 17.0. The van der Waals surface area contributed by atoms with Crippen LogP contribution < -0.4 is 5.32 Å². The Hall–Kier alpha value is -1.95. The Kier molecular flexibility index (Phi) is 5.17. The molecule has 2 aliphatic rings. The molecule has 1 aliphatic heterocycles. The minimum atomic E-state index is 0.533. The highest BCUT2D eigenvalue weighted by Gasteiger charge is 2.40. The summed E-state index contributed by atoms with van der Waals surface area (Å²) in [5.41, 5.74) is 2.92. The minimum absolute atomic E-state index is 0.533. The molecule has 3 unspecified atom stereocenters. The van der Waals surface area contributed by atoms with Gasteiger partial charge in [-0.3, -0.25) is 4.68 Å². The van der Waals surface area contributed by atoms with Crippen molar-refractivity contribution in [1.82, 2.24) is 24.9 Å². The topological polar surface area (TPSA) is 58.9 Å². The first-order valence-electron chi connectivity index (χ1n) is 10.3. The van der Waals surface area contributed by atoms with Gasteiger partial charge in [0.05, 0.1) is 11.4 Å². The van der Waals surface area contributed by atoms with Crippen molar-refractivity contribution in [3.63, 3.8) is 0 Å². The van der Waals surface area contributed by atoms with Crippen LogP contribution in [0, 0.1) is 24.7 Å². The fourth-order valence-corrected chi connectivity index (χ4v) is 4.85. The number of nitrogens with zero attached hydrogens (tertiary/aromatic N) is 5. The summed E-state index contributed by atoms with van der Waals surface area (Å²) in [5, 5.41) is 16.8. The molecule has 4 rings (SSSR count). The molecule has 1 aliphatic carbocycles. The van der Waals surface area contributed by atoms with E-state index in [9.17, 15) is 0 Å². The van der Waals surface area contributed by atoms with E-state index in [-0.39, 0.29) is 0 Å². The number of rotatable bonds is 6. The Bertz CT molecular complexity index is 753. The number of fused-ring (bicyclic) bond motifs is 1. The lowest BCUT2D eigenvalue weighted by atomic mass is 10.0. The molecule has 0 bridgehead atoms. The van der Waals surface area contributed by atoms with E-state index in [1.165, 1.54) is 38.9 Å². The number of aromatic nitrogens is 4. The van der Waals surface area contributed by atoms with E-state index in [1.54, 1.807) is 0 Å². The zero-order valence-corrected chi connectivity index (χ0v) is 17.0. The molecule has 146 valence electrons. The Morgan fingerprint density at radius 1 is 1.19 bits per heavy atom. The van der Waals surface area contributed by atoms with Gasteiger partial charge in [-0.05, 0) is 49.7 Å². The van der Waals surface area contributed by atoms with Crippen molar-refractivity contribution in [1.29, 1.82) is 0 Å². The van der Waals surface area contributed by atoms with Crippen molar-refractivity contribution in [2.75, 3.05) is 25.0 Å². The van der Waals surface area contributed by atoms with Crippen LogP contribution in [-0.4, -0.2) is 50.6 Å². The Balaban J connectivity index is 1.32. The molecular formula is C21H32N6. The van der Waals surface area contributed by atoms with Crippen molar-refractivity contribution >= 4 is 5.82 Å². The van der Waals surface area contributed by atoms with E-state index in [0.29, 0.717) is 6.04 Å². The molecule has 3 atom stereocenters. The lowest BCUT2D eigenvalue weighted by Gasteiger charge is -2.22. The lowest BCUT2D eigenvalue weighted by Crippen LogP contribution is -2.29. The smallest absolute Gasteiger partial charge is 0.148 e. The summed E-state index contributed by atoms with van der Waals surface area (Å²) in [6.07, 6.45) is 5.79.